The van der Waals surface area contributed by atoms with Crippen LogP contribution in [0.5, 0.6) is 0 Å². The minimum absolute atomic E-state index is 0.0681. The number of carbonyl (C=O) groups excluding carboxylic acids is 3. The lowest BCUT2D eigenvalue weighted by Gasteiger charge is -2.42. The minimum Gasteiger partial charge on any atom is -0.398 e. The van der Waals surface area contributed by atoms with E-state index in [-0.39, 0.29) is 21.0 Å². The van der Waals surface area contributed by atoms with Gasteiger partial charge in [-0.3, -0.25) is 18.9 Å². The van der Waals surface area contributed by atoms with Crippen molar-refractivity contribution in [2.75, 3.05) is 24.6 Å². The molecule has 2 rings (SSSR count). The van der Waals surface area contributed by atoms with Gasteiger partial charge in [0.15, 0.2) is 26.1 Å². The first kappa shape index (κ1) is 23.9. The Bertz CT molecular complexity index is 1110. The van der Waals surface area contributed by atoms with E-state index in [2.05, 4.69) is 20.3 Å². The molecule has 1 aromatic rings. The van der Waals surface area contributed by atoms with Crippen LogP contribution in [0.3, 0.4) is 0 Å². The number of alkyl halides is 1. The number of nitrogens with one attached hydrogen (secondary N) is 2. The lowest BCUT2D eigenvalue weighted by Crippen LogP contribution is -2.74. The maximum atomic E-state index is 12.6. The monoisotopic (exact) mass is 503 g/mol. The van der Waals surface area contributed by atoms with E-state index in [1.54, 1.807) is 0 Å². The van der Waals surface area contributed by atoms with Crippen LogP contribution in [0.2, 0.25) is 0 Å². The van der Waals surface area contributed by atoms with E-state index < -0.39 is 55.0 Å². The predicted molar refractivity (Wildman–Crippen MR) is 104 cm³/mol. The number of amides is 3. The fourth-order valence-electron chi connectivity index (χ4n) is 2.33. The average molecular weight is 504 g/mol. The summed E-state index contributed by atoms with van der Waals surface area (Å²) in [5.74, 6) is -3.39. The fourth-order valence-corrected chi connectivity index (χ4v) is 5.76. The molecule has 1 fully saturated rings. The second-order valence-corrected chi connectivity index (χ2v) is 10.2. The van der Waals surface area contributed by atoms with Crippen LogP contribution in [0, 0.1) is 0 Å². The first-order valence-corrected chi connectivity index (χ1v) is 12.3. The molecule has 18 heteroatoms. The molecule has 0 aromatic carbocycles. The molecule has 1 saturated heterocycles. The summed E-state index contributed by atoms with van der Waals surface area (Å²) in [5, 5.41) is 7.16. The molecule has 166 valence electrons. The molecular weight excluding hydrogens is 490 g/mol. The molecule has 0 saturated carbocycles. The average Bonchev–Trinajstić information content (AvgIpc) is 3.07. The number of β-lactam (4-membered cyclic amide) rings is 1. The van der Waals surface area contributed by atoms with E-state index in [0.717, 1.165) is 18.4 Å². The third-order valence-electron chi connectivity index (χ3n) is 3.49. The maximum absolute atomic E-state index is 12.6. The smallest absolute Gasteiger partial charge is 0.363 e. The zero-order chi connectivity index (χ0) is 22.9. The topological polar surface area (TPSA) is 202 Å². The molecule has 2 atom stereocenters. The van der Waals surface area contributed by atoms with Gasteiger partial charge in [-0.1, -0.05) is 5.16 Å². The van der Waals surface area contributed by atoms with Gasteiger partial charge < -0.3 is 15.5 Å². The Morgan fingerprint density at radius 2 is 2.03 bits per heavy atom. The number of thiazole rings is 1. The van der Waals surface area contributed by atoms with E-state index in [9.17, 15) is 31.2 Å². The van der Waals surface area contributed by atoms with Gasteiger partial charge in [0.1, 0.15) is 24.7 Å². The first-order chi connectivity index (χ1) is 13.8. The fraction of sp³-hybridized carbons (Fsp3) is 0.417. The molecule has 0 radical (unpaired) electrons. The molecule has 1 aromatic heterocycles. The summed E-state index contributed by atoms with van der Waals surface area (Å²) in [4.78, 5) is 44.4. The summed E-state index contributed by atoms with van der Waals surface area (Å²) in [7, 11) is -8.31. The molecule has 1 aliphatic heterocycles. The molecule has 0 aliphatic carbocycles. The van der Waals surface area contributed by atoms with Crippen molar-refractivity contribution in [1.82, 2.24) is 14.6 Å². The molecule has 0 bridgehead atoms. The van der Waals surface area contributed by atoms with Gasteiger partial charge in [-0.15, -0.1) is 22.9 Å². The van der Waals surface area contributed by atoms with E-state index in [0.29, 0.717) is 6.26 Å². The number of oxime groups is 1. The van der Waals surface area contributed by atoms with Gasteiger partial charge in [-0.05, 0) is 0 Å². The van der Waals surface area contributed by atoms with Crippen molar-refractivity contribution in [3.63, 3.8) is 0 Å². The Kier molecular flexibility index (Phi) is 7.02. The van der Waals surface area contributed by atoms with Crippen LogP contribution in [0.25, 0.3) is 0 Å². The molecule has 3 N–H and O–H groups in total. The molecule has 3 amide bonds. The quantitative estimate of drug-likeness (QED) is 0.119. The standard InChI is InChI=1S/C12H14ClN5O9S3/c1-27-17-7(5-4-28-12(14-5)15-6(19)3-13)9(20)16-8-10(21)18(30(24,25)26)11(8)29(2,22)23/h4,8,11H,3H2,1-2H3,(H,16,20)(H,14,15,19)(H,24,25,26)/b17-7-/t8-,11-/m1/s1. The molecule has 1 aliphatic rings. The zero-order valence-corrected chi connectivity index (χ0v) is 18.3. The number of rotatable bonds is 8. The highest BCUT2D eigenvalue weighted by Gasteiger charge is 2.59. The van der Waals surface area contributed by atoms with E-state index in [4.69, 9.17) is 16.2 Å². The Morgan fingerprint density at radius 1 is 1.40 bits per heavy atom. The molecule has 30 heavy (non-hydrogen) atoms. The van der Waals surface area contributed by atoms with Crippen LogP contribution in [0.1, 0.15) is 5.69 Å². The van der Waals surface area contributed by atoms with Crippen LogP contribution in [-0.4, -0.2) is 84.8 Å². The van der Waals surface area contributed by atoms with E-state index in [1.165, 1.54) is 5.38 Å². The lowest BCUT2D eigenvalue weighted by atomic mass is 10.1. The Morgan fingerprint density at radius 3 is 2.53 bits per heavy atom. The highest BCUT2D eigenvalue weighted by atomic mass is 35.5. The summed E-state index contributed by atoms with van der Waals surface area (Å²) in [5.41, 5.74) is -0.594. The van der Waals surface area contributed by atoms with Gasteiger partial charge in [0.05, 0.1) is 0 Å². The van der Waals surface area contributed by atoms with Crippen molar-refractivity contribution in [2.45, 2.75) is 11.4 Å². The third-order valence-corrected chi connectivity index (χ3v) is 6.88. The van der Waals surface area contributed by atoms with Gasteiger partial charge in [0.25, 0.3) is 11.8 Å². The second kappa shape index (κ2) is 8.80. The van der Waals surface area contributed by atoms with Crippen LogP contribution >= 0.6 is 22.9 Å². The Labute approximate surface area is 179 Å². The largest absolute Gasteiger partial charge is 0.398 e. The number of hydrogen-bond acceptors (Lipinski definition) is 11. The highest BCUT2D eigenvalue weighted by Crippen LogP contribution is 2.27. The van der Waals surface area contributed by atoms with Crippen molar-refractivity contribution in [3.05, 3.63) is 11.1 Å². The molecule has 2 heterocycles. The van der Waals surface area contributed by atoms with Gasteiger partial charge in [0, 0.05) is 11.6 Å². The van der Waals surface area contributed by atoms with Gasteiger partial charge in [-0.2, -0.15) is 12.7 Å². The number of nitrogens with zero attached hydrogens (tertiary/aromatic N) is 3. The van der Waals surface area contributed by atoms with E-state index in [1.807, 2.05) is 5.32 Å². The summed E-state index contributed by atoms with van der Waals surface area (Å²) >= 11 is 6.28. The SMILES string of the molecule is CO/N=C(\C(=O)N[C@@H]1C(=O)N(S(=O)(=O)O)[C@@H]1S(C)(=O)=O)c1csc(NC(=O)CCl)n1. The number of aromatic nitrogens is 1. The van der Waals surface area contributed by atoms with Crippen LogP contribution in [0.15, 0.2) is 10.5 Å². The maximum Gasteiger partial charge on any atom is 0.363 e. The number of halogens is 1. The number of sulfone groups is 1. The molecule has 14 nitrogen and oxygen atoms in total. The van der Waals surface area contributed by atoms with E-state index >= 15 is 0 Å². The minimum atomic E-state index is -5.17. The van der Waals surface area contributed by atoms with Gasteiger partial charge >= 0.3 is 10.3 Å². The first-order valence-electron chi connectivity index (χ1n) is 7.54. The second-order valence-electron chi connectivity index (χ2n) is 5.63. The lowest BCUT2D eigenvalue weighted by molar-refractivity contribution is -0.141. The number of carbonyl (C=O) groups is 3. The van der Waals surface area contributed by atoms with Crippen molar-refractivity contribution >= 4 is 71.6 Å². The summed E-state index contributed by atoms with van der Waals surface area (Å²) in [6, 6.07) is -1.81. The van der Waals surface area contributed by atoms with Crippen LogP contribution in [-0.2, 0) is 39.4 Å². The van der Waals surface area contributed by atoms with Crippen LogP contribution in [0.4, 0.5) is 5.13 Å². The molecule has 0 unspecified atom stereocenters. The predicted octanol–water partition coefficient (Wildman–Crippen LogP) is -1.83. The number of anilines is 1. The van der Waals surface area contributed by atoms with Crippen molar-refractivity contribution in [2.24, 2.45) is 5.16 Å². The number of hydrogen-bond donors (Lipinski definition) is 3. The van der Waals surface area contributed by atoms with Crippen LogP contribution < -0.4 is 10.6 Å². The Hall–Kier alpha value is -2.34. The van der Waals surface area contributed by atoms with Crippen molar-refractivity contribution in [1.29, 1.82) is 0 Å². The van der Waals surface area contributed by atoms with Crippen molar-refractivity contribution in [3.8, 4) is 0 Å². The summed E-state index contributed by atoms with van der Waals surface area (Å²) < 4.78 is 55.1. The zero-order valence-electron chi connectivity index (χ0n) is 15.1. The molecular formula is C12H14ClN5O9S3. The van der Waals surface area contributed by atoms with Gasteiger partial charge in [0.2, 0.25) is 5.91 Å². The highest BCUT2D eigenvalue weighted by molar-refractivity contribution is 7.93. The summed E-state index contributed by atoms with van der Waals surface area (Å²) in [6.07, 6.45) is 0.623. The third kappa shape index (κ3) is 5.04. The van der Waals surface area contributed by atoms with Gasteiger partial charge in [-0.25, -0.2) is 13.4 Å². The molecule has 0 spiro atoms. The summed E-state index contributed by atoms with van der Waals surface area (Å²) in [6.45, 7) is 0. The Balaban J connectivity index is 2.28. The van der Waals surface area contributed by atoms with Crippen molar-refractivity contribution < 1.29 is 40.6 Å². The normalized spacial score (nSPS) is 19.8.